The highest BCUT2D eigenvalue weighted by atomic mass is 15.2. The van der Waals surface area contributed by atoms with Gasteiger partial charge in [-0.25, -0.2) is 4.98 Å². The second-order valence-electron chi connectivity index (χ2n) is 5.06. The lowest BCUT2D eigenvalue weighted by atomic mass is 10.1. The Labute approximate surface area is 98.1 Å². The third-order valence-electron chi connectivity index (χ3n) is 2.32. The van der Waals surface area contributed by atoms with Gasteiger partial charge in [-0.1, -0.05) is 0 Å². The minimum atomic E-state index is 0.165. The fraction of sp³-hybridized carbons (Fsp3) is 0.667. The van der Waals surface area contributed by atoms with Crippen LogP contribution in [0.5, 0.6) is 0 Å². The molecule has 0 saturated heterocycles. The molecule has 1 heterocycles. The fourth-order valence-electron chi connectivity index (χ4n) is 1.48. The quantitative estimate of drug-likeness (QED) is 0.840. The van der Waals surface area contributed by atoms with Gasteiger partial charge in [0.25, 0.3) is 0 Å². The number of anilines is 1. The molecule has 0 bridgehead atoms. The van der Waals surface area contributed by atoms with Crippen molar-refractivity contribution < 1.29 is 0 Å². The third kappa shape index (κ3) is 4.14. The largest absolute Gasteiger partial charge is 0.357 e. The summed E-state index contributed by atoms with van der Waals surface area (Å²) in [4.78, 5) is 10.7. The highest BCUT2D eigenvalue weighted by Gasteiger charge is 2.10. The van der Waals surface area contributed by atoms with Crippen molar-refractivity contribution >= 4 is 5.82 Å². The molecule has 1 rings (SSSR count). The van der Waals surface area contributed by atoms with Crippen LogP contribution in [0.25, 0.3) is 0 Å². The summed E-state index contributed by atoms with van der Waals surface area (Å²) >= 11 is 0. The zero-order valence-corrected chi connectivity index (χ0v) is 10.9. The van der Waals surface area contributed by atoms with Crippen LogP contribution in [0.1, 0.15) is 26.5 Å². The van der Waals surface area contributed by atoms with Crippen molar-refractivity contribution in [2.45, 2.75) is 33.2 Å². The molecule has 4 heteroatoms. The fourth-order valence-corrected chi connectivity index (χ4v) is 1.48. The van der Waals surface area contributed by atoms with Crippen molar-refractivity contribution in [3.63, 3.8) is 0 Å². The number of nitrogens with one attached hydrogen (secondary N) is 1. The Morgan fingerprint density at radius 2 is 1.88 bits per heavy atom. The zero-order chi connectivity index (χ0) is 12.2. The first-order chi connectivity index (χ1) is 7.40. The van der Waals surface area contributed by atoms with Crippen molar-refractivity contribution in [2.75, 3.05) is 25.0 Å². The zero-order valence-electron chi connectivity index (χ0n) is 10.9. The monoisotopic (exact) mass is 222 g/mol. The van der Waals surface area contributed by atoms with E-state index in [1.54, 1.807) is 12.4 Å². The summed E-state index contributed by atoms with van der Waals surface area (Å²) in [6.07, 6.45) is 3.45. The molecule has 0 aliphatic carbocycles. The third-order valence-corrected chi connectivity index (χ3v) is 2.32. The van der Waals surface area contributed by atoms with Gasteiger partial charge in [-0.2, -0.15) is 0 Å². The molecule has 90 valence electrons. The highest BCUT2D eigenvalue weighted by Crippen LogP contribution is 2.10. The Balaban J connectivity index is 2.47. The first kappa shape index (κ1) is 12.9. The number of likely N-dealkylation sites (N-methyl/N-ethyl adjacent to an activating group) is 1. The maximum Gasteiger partial charge on any atom is 0.149 e. The van der Waals surface area contributed by atoms with Gasteiger partial charge in [-0.3, -0.25) is 4.98 Å². The van der Waals surface area contributed by atoms with Gasteiger partial charge in [-0.05, 0) is 27.7 Å². The number of hydrogen-bond donors (Lipinski definition) is 1. The van der Waals surface area contributed by atoms with Gasteiger partial charge in [0.05, 0.1) is 5.69 Å². The number of aromatic nitrogens is 2. The summed E-state index contributed by atoms with van der Waals surface area (Å²) in [6.45, 7) is 10.4. The molecule has 1 N–H and O–H groups in total. The molecule has 0 fully saturated rings. The summed E-state index contributed by atoms with van der Waals surface area (Å²) in [5, 5.41) is 3.45. The van der Waals surface area contributed by atoms with Crippen molar-refractivity contribution in [3.05, 3.63) is 18.1 Å². The standard InChI is InChI=1S/C12H22N4/c1-10-11(14-7-6-13-10)16(5)9-8-15-12(2,3)4/h6-7,15H,8-9H2,1-5H3. The van der Waals surface area contributed by atoms with Gasteiger partial charge >= 0.3 is 0 Å². The van der Waals surface area contributed by atoms with Crippen molar-refractivity contribution in [1.29, 1.82) is 0 Å². The van der Waals surface area contributed by atoms with E-state index in [4.69, 9.17) is 0 Å². The average Bonchev–Trinajstić information content (AvgIpc) is 2.16. The van der Waals surface area contributed by atoms with Crippen LogP contribution < -0.4 is 10.2 Å². The van der Waals surface area contributed by atoms with E-state index in [0.717, 1.165) is 24.6 Å². The number of hydrogen-bond acceptors (Lipinski definition) is 4. The van der Waals surface area contributed by atoms with E-state index >= 15 is 0 Å². The van der Waals surface area contributed by atoms with Gasteiger partial charge in [0, 0.05) is 38.1 Å². The Kier molecular flexibility index (Phi) is 4.24. The van der Waals surface area contributed by atoms with E-state index in [1.807, 2.05) is 14.0 Å². The van der Waals surface area contributed by atoms with Crippen LogP contribution in [0.3, 0.4) is 0 Å². The normalized spacial score (nSPS) is 11.6. The molecule has 0 radical (unpaired) electrons. The van der Waals surface area contributed by atoms with Crippen molar-refractivity contribution in [1.82, 2.24) is 15.3 Å². The van der Waals surface area contributed by atoms with E-state index < -0.39 is 0 Å². The number of aryl methyl sites for hydroxylation is 1. The summed E-state index contributed by atoms with van der Waals surface area (Å²) in [5.74, 6) is 0.957. The van der Waals surface area contributed by atoms with Crippen molar-refractivity contribution in [3.8, 4) is 0 Å². The highest BCUT2D eigenvalue weighted by molar-refractivity contribution is 5.40. The van der Waals surface area contributed by atoms with Crippen LogP contribution in [0.2, 0.25) is 0 Å². The Hall–Kier alpha value is -1.16. The molecule has 1 aromatic heterocycles. The van der Waals surface area contributed by atoms with E-state index in [1.165, 1.54) is 0 Å². The molecule has 4 nitrogen and oxygen atoms in total. The second kappa shape index (κ2) is 5.25. The predicted octanol–water partition coefficient (Wildman–Crippen LogP) is 1.61. The molecule has 0 aromatic carbocycles. The summed E-state index contributed by atoms with van der Waals surface area (Å²) < 4.78 is 0. The first-order valence-corrected chi connectivity index (χ1v) is 5.64. The predicted molar refractivity (Wildman–Crippen MR) is 67.8 cm³/mol. The van der Waals surface area contributed by atoms with Crippen LogP contribution in [0, 0.1) is 6.92 Å². The molecule has 0 saturated carbocycles. The van der Waals surface area contributed by atoms with Gasteiger partial charge in [-0.15, -0.1) is 0 Å². The summed E-state index contributed by atoms with van der Waals surface area (Å²) in [6, 6.07) is 0. The second-order valence-corrected chi connectivity index (χ2v) is 5.06. The lowest BCUT2D eigenvalue weighted by Gasteiger charge is -2.24. The van der Waals surface area contributed by atoms with Gasteiger partial charge in [0.1, 0.15) is 5.82 Å². The Morgan fingerprint density at radius 3 is 2.44 bits per heavy atom. The minimum absolute atomic E-state index is 0.165. The van der Waals surface area contributed by atoms with Crippen LogP contribution in [0.15, 0.2) is 12.4 Å². The smallest absolute Gasteiger partial charge is 0.149 e. The van der Waals surface area contributed by atoms with E-state index in [2.05, 4.69) is 41.0 Å². The Bertz CT molecular complexity index is 330. The van der Waals surface area contributed by atoms with Crippen LogP contribution in [0.4, 0.5) is 5.82 Å². The van der Waals surface area contributed by atoms with E-state index in [9.17, 15) is 0 Å². The molecule has 0 amide bonds. The van der Waals surface area contributed by atoms with Crippen molar-refractivity contribution in [2.24, 2.45) is 0 Å². The van der Waals surface area contributed by atoms with Gasteiger partial charge in [0.15, 0.2) is 0 Å². The molecule has 0 aliphatic heterocycles. The lowest BCUT2D eigenvalue weighted by Crippen LogP contribution is -2.40. The molecule has 0 aliphatic rings. The average molecular weight is 222 g/mol. The molecular formula is C12H22N4. The van der Waals surface area contributed by atoms with Gasteiger partial charge in [0.2, 0.25) is 0 Å². The van der Waals surface area contributed by atoms with Crippen LogP contribution in [-0.4, -0.2) is 35.6 Å². The molecular weight excluding hydrogens is 200 g/mol. The van der Waals surface area contributed by atoms with Crippen LogP contribution >= 0.6 is 0 Å². The minimum Gasteiger partial charge on any atom is -0.357 e. The maximum absolute atomic E-state index is 4.33. The molecule has 0 spiro atoms. The number of rotatable bonds is 4. The Morgan fingerprint density at radius 1 is 1.25 bits per heavy atom. The number of nitrogens with zero attached hydrogens (tertiary/aromatic N) is 3. The summed E-state index contributed by atoms with van der Waals surface area (Å²) in [7, 11) is 2.04. The molecule has 0 unspecified atom stereocenters. The van der Waals surface area contributed by atoms with E-state index in [0.29, 0.717) is 0 Å². The topological polar surface area (TPSA) is 41.1 Å². The lowest BCUT2D eigenvalue weighted by molar-refractivity contribution is 0.430. The molecule has 0 atom stereocenters. The van der Waals surface area contributed by atoms with E-state index in [-0.39, 0.29) is 5.54 Å². The SMILES string of the molecule is Cc1nccnc1N(C)CCNC(C)(C)C. The first-order valence-electron chi connectivity index (χ1n) is 5.64. The van der Waals surface area contributed by atoms with Crippen LogP contribution in [-0.2, 0) is 0 Å². The van der Waals surface area contributed by atoms with Gasteiger partial charge < -0.3 is 10.2 Å². The molecule has 16 heavy (non-hydrogen) atoms. The maximum atomic E-state index is 4.33. The summed E-state index contributed by atoms with van der Waals surface area (Å²) in [5.41, 5.74) is 1.14. The molecule has 1 aromatic rings.